The maximum atomic E-state index is 6.20. The van der Waals surface area contributed by atoms with E-state index in [2.05, 4.69) is 28.5 Å². The molecule has 3 atom stereocenters. The van der Waals surface area contributed by atoms with E-state index in [1.165, 1.54) is 25.7 Å². The monoisotopic (exact) mass is 397 g/mol. The number of hydrogen-bond acceptors (Lipinski definition) is 3. The second kappa shape index (κ2) is 6.65. The molecule has 2 fully saturated rings. The van der Waals surface area contributed by atoms with E-state index in [1.54, 1.807) is 6.07 Å². The Morgan fingerprint density at radius 2 is 1.74 bits per heavy atom. The number of aromatic nitrogens is 2. The molecule has 0 spiro atoms. The Labute approximate surface area is 169 Å². The quantitative estimate of drug-likeness (QED) is 0.546. The van der Waals surface area contributed by atoms with Gasteiger partial charge in [-0.1, -0.05) is 35.7 Å². The van der Waals surface area contributed by atoms with Crippen LogP contribution in [0.2, 0.25) is 10.0 Å². The molecule has 2 bridgehead atoms. The van der Waals surface area contributed by atoms with E-state index in [1.807, 2.05) is 19.1 Å². The third kappa shape index (κ3) is 3.28. The van der Waals surface area contributed by atoms with Crippen LogP contribution in [0.1, 0.15) is 31.5 Å². The summed E-state index contributed by atoms with van der Waals surface area (Å²) in [6.45, 7) is 1.95. The Morgan fingerprint density at radius 1 is 0.926 bits per heavy atom. The minimum atomic E-state index is 0.533. The standard InChI is InChI=1S/C22H21Cl2N3/c1-12-25-20-5-4-14(16-8-17(23)11-18(24)9-16)10-19(20)22(26-12)27-21-7-13-2-3-15(21)6-13/h4-5,8-11,13,15,21H,2-3,6-7H2,1H3,(H,25,26,27)/t13-,15+,21+/m0/s1. The number of fused-ring (bicyclic) bond motifs is 3. The molecule has 0 aliphatic heterocycles. The molecule has 5 heteroatoms. The van der Waals surface area contributed by atoms with Gasteiger partial charge in [0.15, 0.2) is 0 Å². The van der Waals surface area contributed by atoms with Crippen LogP contribution in [0.25, 0.3) is 22.0 Å². The molecule has 27 heavy (non-hydrogen) atoms. The first-order chi connectivity index (χ1) is 13.0. The lowest BCUT2D eigenvalue weighted by atomic mass is 9.95. The number of hydrogen-bond donors (Lipinski definition) is 1. The largest absolute Gasteiger partial charge is 0.366 e. The summed E-state index contributed by atoms with van der Waals surface area (Å²) in [5.74, 6) is 3.43. The van der Waals surface area contributed by atoms with Gasteiger partial charge in [-0.3, -0.25) is 0 Å². The van der Waals surface area contributed by atoms with Crippen molar-refractivity contribution in [2.24, 2.45) is 11.8 Å². The van der Waals surface area contributed by atoms with Crippen molar-refractivity contribution >= 4 is 39.9 Å². The number of rotatable bonds is 3. The molecule has 2 aliphatic carbocycles. The van der Waals surface area contributed by atoms with Crippen molar-refractivity contribution < 1.29 is 0 Å². The van der Waals surface area contributed by atoms with Gasteiger partial charge in [-0.25, -0.2) is 9.97 Å². The molecule has 1 aromatic heterocycles. The molecule has 2 aliphatic rings. The predicted octanol–water partition coefficient (Wildman–Crippen LogP) is 6.51. The summed E-state index contributed by atoms with van der Waals surface area (Å²) >= 11 is 12.4. The smallest absolute Gasteiger partial charge is 0.137 e. The number of halogens is 2. The first-order valence-electron chi connectivity index (χ1n) is 9.56. The van der Waals surface area contributed by atoms with Crippen molar-refractivity contribution in [2.75, 3.05) is 5.32 Å². The zero-order chi connectivity index (χ0) is 18.5. The highest BCUT2D eigenvalue weighted by atomic mass is 35.5. The van der Waals surface area contributed by atoms with Gasteiger partial charge in [-0.2, -0.15) is 0 Å². The van der Waals surface area contributed by atoms with Crippen molar-refractivity contribution in [2.45, 2.75) is 38.6 Å². The molecule has 5 rings (SSSR count). The normalized spacial score (nSPS) is 23.9. The highest BCUT2D eigenvalue weighted by Gasteiger charge is 2.39. The van der Waals surface area contributed by atoms with Crippen molar-refractivity contribution in [3.05, 3.63) is 52.3 Å². The van der Waals surface area contributed by atoms with Crippen LogP contribution in [-0.2, 0) is 0 Å². The fraction of sp³-hybridized carbons (Fsp3) is 0.364. The van der Waals surface area contributed by atoms with Crippen LogP contribution in [0, 0.1) is 18.8 Å². The average molecular weight is 398 g/mol. The number of nitrogens with zero attached hydrogens (tertiary/aromatic N) is 2. The highest BCUT2D eigenvalue weighted by Crippen LogP contribution is 2.45. The lowest BCUT2D eigenvalue weighted by molar-refractivity contribution is 0.439. The van der Waals surface area contributed by atoms with Crippen molar-refractivity contribution in [1.29, 1.82) is 0 Å². The zero-order valence-electron chi connectivity index (χ0n) is 15.2. The van der Waals surface area contributed by atoms with Gasteiger partial charge < -0.3 is 5.32 Å². The summed E-state index contributed by atoms with van der Waals surface area (Å²) in [7, 11) is 0. The van der Waals surface area contributed by atoms with Crippen LogP contribution in [0.3, 0.4) is 0 Å². The third-order valence-corrected chi connectivity index (χ3v) is 6.50. The van der Waals surface area contributed by atoms with Crippen molar-refractivity contribution in [3.63, 3.8) is 0 Å². The van der Waals surface area contributed by atoms with Gasteiger partial charge >= 0.3 is 0 Å². The molecule has 3 nitrogen and oxygen atoms in total. The fourth-order valence-electron chi connectivity index (χ4n) is 4.85. The van der Waals surface area contributed by atoms with E-state index >= 15 is 0 Å². The SMILES string of the molecule is Cc1nc(N[C@@H]2C[C@H]3CC[C@@H]2C3)c2cc(-c3cc(Cl)cc(Cl)c3)ccc2n1. The van der Waals surface area contributed by atoms with Crippen LogP contribution in [0.4, 0.5) is 5.82 Å². The first kappa shape index (κ1) is 17.3. The topological polar surface area (TPSA) is 37.8 Å². The summed E-state index contributed by atoms with van der Waals surface area (Å²) in [6.07, 6.45) is 5.37. The number of benzene rings is 2. The van der Waals surface area contributed by atoms with Crippen molar-refractivity contribution in [1.82, 2.24) is 9.97 Å². The minimum Gasteiger partial charge on any atom is -0.366 e. The molecule has 0 saturated heterocycles. The molecule has 138 valence electrons. The second-order valence-electron chi connectivity index (χ2n) is 7.94. The van der Waals surface area contributed by atoms with Crippen LogP contribution in [0.15, 0.2) is 36.4 Å². The molecular formula is C22H21Cl2N3. The molecule has 1 N–H and O–H groups in total. The van der Waals surface area contributed by atoms with Gasteiger partial charge in [0.1, 0.15) is 11.6 Å². The fourth-order valence-corrected chi connectivity index (χ4v) is 5.38. The number of nitrogens with one attached hydrogen (secondary N) is 1. The highest BCUT2D eigenvalue weighted by molar-refractivity contribution is 6.35. The van der Waals surface area contributed by atoms with Gasteiger partial charge in [0, 0.05) is 21.5 Å². The maximum absolute atomic E-state index is 6.20. The van der Waals surface area contributed by atoms with Gasteiger partial charge in [0.05, 0.1) is 5.52 Å². The van der Waals surface area contributed by atoms with Gasteiger partial charge in [-0.05, 0) is 79.5 Å². The third-order valence-electron chi connectivity index (χ3n) is 6.06. The van der Waals surface area contributed by atoms with Gasteiger partial charge in [-0.15, -0.1) is 0 Å². The summed E-state index contributed by atoms with van der Waals surface area (Å²) in [4.78, 5) is 9.37. The van der Waals surface area contributed by atoms with E-state index in [9.17, 15) is 0 Å². The first-order valence-corrected chi connectivity index (χ1v) is 10.3. The molecule has 0 amide bonds. The van der Waals surface area contributed by atoms with Crippen LogP contribution >= 0.6 is 23.2 Å². The Hall–Kier alpha value is -1.84. The predicted molar refractivity (Wildman–Crippen MR) is 113 cm³/mol. The van der Waals surface area contributed by atoms with Crippen LogP contribution < -0.4 is 5.32 Å². The molecule has 3 aromatic rings. The molecule has 2 aromatic carbocycles. The molecule has 2 saturated carbocycles. The van der Waals surface area contributed by atoms with E-state index in [-0.39, 0.29) is 0 Å². The minimum absolute atomic E-state index is 0.533. The second-order valence-corrected chi connectivity index (χ2v) is 8.81. The lowest BCUT2D eigenvalue weighted by Crippen LogP contribution is -2.26. The Balaban J connectivity index is 1.57. The van der Waals surface area contributed by atoms with E-state index in [0.717, 1.165) is 45.5 Å². The maximum Gasteiger partial charge on any atom is 0.137 e. The summed E-state index contributed by atoms with van der Waals surface area (Å²) < 4.78 is 0. The lowest BCUT2D eigenvalue weighted by Gasteiger charge is -2.24. The summed E-state index contributed by atoms with van der Waals surface area (Å²) in [5, 5.41) is 6.08. The summed E-state index contributed by atoms with van der Waals surface area (Å²) in [6, 6.07) is 12.4. The number of anilines is 1. The Morgan fingerprint density at radius 3 is 2.44 bits per heavy atom. The molecule has 1 heterocycles. The Kier molecular flexibility index (Phi) is 4.25. The van der Waals surface area contributed by atoms with Gasteiger partial charge in [0.25, 0.3) is 0 Å². The zero-order valence-corrected chi connectivity index (χ0v) is 16.7. The Bertz CT molecular complexity index is 1010. The van der Waals surface area contributed by atoms with E-state index in [4.69, 9.17) is 28.2 Å². The van der Waals surface area contributed by atoms with Crippen LogP contribution in [-0.4, -0.2) is 16.0 Å². The van der Waals surface area contributed by atoms with E-state index in [0.29, 0.717) is 16.1 Å². The summed E-state index contributed by atoms with van der Waals surface area (Å²) in [5.41, 5.74) is 3.03. The van der Waals surface area contributed by atoms with E-state index < -0.39 is 0 Å². The number of aryl methyl sites for hydroxylation is 1. The van der Waals surface area contributed by atoms with Crippen LogP contribution in [0.5, 0.6) is 0 Å². The van der Waals surface area contributed by atoms with Gasteiger partial charge in [0.2, 0.25) is 0 Å². The molecular weight excluding hydrogens is 377 g/mol. The molecule has 0 radical (unpaired) electrons. The van der Waals surface area contributed by atoms with Crippen molar-refractivity contribution in [3.8, 4) is 11.1 Å². The molecule has 0 unspecified atom stereocenters. The average Bonchev–Trinajstić information content (AvgIpc) is 3.23.